The number of carbonyl (C=O) groups is 2. The van der Waals surface area contributed by atoms with E-state index in [1.165, 1.54) is 12.1 Å². The van der Waals surface area contributed by atoms with Crippen LogP contribution in [-0.2, 0) is 16.1 Å². The van der Waals surface area contributed by atoms with Gasteiger partial charge in [-0.25, -0.2) is 4.39 Å². The number of carboxylic acids is 1. The zero-order valence-electron chi connectivity index (χ0n) is 11.7. The molecule has 0 radical (unpaired) electrons. The molecule has 1 heterocycles. The molecule has 1 saturated heterocycles. The van der Waals surface area contributed by atoms with Crippen molar-refractivity contribution in [2.24, 2.45) is 0 Å². The predicted octanol–water partition coefficient (Wildman–Crippen LogP) is 1.38. The number of halogens is 1. The van der Waals surface area contributed by atoms with Gasteiger partial charge in [0.25, 0.3) is 0 Å². The molecule has 0 aliphatic carbocycles. The Balaban J connectivity index is 1.83. The minimum Gasteiger partial charge on any atom is -0.480 e. The molecule has 2 N–H and O–H groups in total. The number of carbonyl (C=O) groups excluding carboxylic acids is 1. The summed E-state index contributed by atoms with van der Waals surface area (Å²) in [5, 5.41) is 11.9. The first-order chi connectivity index (χ1) is 10.1. The van der Waals surface area contributed by atoms with Crippen molar-refractivity contribution in [1.82, 2.24) is 10.2 Å². The molecule has 21 heavy (non-hydrogen) atoms. The largest absolute Gasteiger partial charge is 0.480 e. The maximum atomic E-state index is 12.8. The van der Waals surface area contributed by atoms with E-state index in [1.54, 1.807) is 17.0 Å². The molecule has 1 aliphatic rings. The quantitative estimate of drug-likeness (QED) is 0.861. The predicted molar refractivity (Wildman–Crippen MR) is 75.1 cm³/mol. The third kappa shape index (κ3) is 4.53. The summed E-state index contributed by atoms with van der Waals surface area (Å²) in [7, 11) is 0. The summed E-state index contributed by atoms with van der Waals surface area (Å²) in [6, 6.07) is 5.32. The van der Waals surface area contributed by atoms with E-state index < -0.39 is 12.0 Å². The zero-order valence-corrected chi connectivity index (χ0v) is 11.7. The van der Waals surface area contributed by atoms with Gasteiger partial charge in [-0.2, -0.15) is 0 Å². The highest BCUT2D eigenvalue weighted by Crippen LogP contribution is 2.16. The van der Waals surface area contributed by atoms with Crippen molar-refractivity contribution in [3.8, 4) is 0 Å². The Kier molecular flexibility index (Phi) is 5.27. The van der Waals surface area contributed by atoms with Gasteiger partial charge >= 0.3 is 5.97 Å². The molecule has 1 fully saturated rings. The van der Waals surface area contributed by atoms with Gasteiger partial charge in [-0.1, -0.05) is 18.6 Å². The van der Waals surface area contributed by atoms with Crippen LogP contribution in [-0.4, -0.2) is 41.0 Å². The number of hydrogen-bond donors (Lipinski definition) is 2. The minimum absolute atomic E-state index is 0.0815. The van der Waals surface area contributed by atoms with Crippen LogP contribution in [0, 0.1) is 5.82 Å². The fourth-order valence-corrected chi connectivity index (χ4v) is 2.50. The first-order valence-electron chi connectivity index (χ1n) is 7.04. The number of rotatable bonds is 5. The molecule has 1 unspecified atom stereocenters. The normalized spacial score (nSPS) is 19.2. The number of amides is 1. The van der Waals surface area contributed by atoms with Crippen LogP contribution in [0.3, 0.4) is 0 Å². The van der Waals surface area contributed by atoms with E-state index in [1.807, 2.05) is 0 Å². The number of piperidine rings is 1. The van der Waals surface area contributed by atoms with E-state index in [2.05, 4.69) is 5.32 Å². The second-order valence-corrected chi connectivity index (χ2v) is 5.22. The van der Waals surface area contributed by atoms with Gasteiger partial charge in [0.2, 0.25) is 5.91 Å². The summed E-state index contributed by atoms with van der Waals surface area (Å²) in [6.07, 6.45) is 2.38. The average molecular weight is 294 g/mol. The van der Waals surface area contributed by atoms with Gasteiger partial charge in [0.15, 0.2) is 0 Å². The van der Waals surface area contributed by atoms with Crippen molar-refractivity contribution in [3.63, 3.8) is 0 Å². The molecule has 114 valence electrons. The van der Waals surface area contributed by atoms with Gasteiger partial charge < -0.3 is 10.4 Å². The SMILES string of the molecule is O=C(CN1CCCCC1C(=O)O)NCc1ccc(F)cc1. The topological polar surface area (TPSA) is 69.6 Å². The summed E-state index contributed by atoms with van der Waals surface area (Å²) in [6.45, 7) is 1.02. The van der Waals surface area contributed by atoms with Crippen LogP contribution in [0.4, 0.5) is 4.39 Å². The molecule has 6 heteroatoms. The molecule has 0 bridgehead atoms. The van der Waals surface area contributed by atoms with Crippen LogP contribution in [0.25, 0.3) is 0 Å². The Hall–Kier alpha value is -1.95. The third-order valence-corrected chi connectivity index (χ3v) is 3.65. The Morgan fingerprint density at radius 1 is 1.29 bits per heavy atom. The fraction of sp³-hybridized carbons (Fsp3) is 0.467. The lowest BCUT2D eigenvalue weighted by Gasteiger charge is -2.32. The highest BCUT2D eigenvalue weighted by molar-refractivity contribution is 5.80. The maximum absolute atomic E-state index is 12.8. The van der Waals surface area contributed by atoms with E-state index in [4.69, 9.17) is 5.11 Å². The van der Waals surface area contributed by atoms with Crippen LogP contribution < -0.4 is 5.32 Å². The Bertz CT molecular complexity index is 504. The van der Waals surface area contributed by atoms with Crippen LogP contribution in [0.15, 0.2) is 24.3 Å². The number of nitrogens with one attached hydrogen (secondary N) is 1. The Morgan fingerprint density at radius 2 is 2.00 bits per heavy atom. The highest BCUT2D eigenvalue weighted by Gasteiger charge is 2.29. The average Bonchev–Trinajstić information content (AvgIpc) is 2.47. The number of benzene rings is 1. The molecular formula is C15H19FN2O3. The second kappa shape index (κ2) is 7.17. The molecular weight excluding hydrogens is 275 g/mol. The van der Waals surface area contributed by atoms with Crippen molar-refractivity contribution < 1.29 is 19.1 Å². The Morgan fingerprint density at radius 3 is 2.67 bits per heavy atom. The lowest BCUT2D eigenvalue weighted by atomic mass is 10.0. The van der Waals surface area contributed by atoms with E-state index in [9.17, 15) is 14.0 Å². The van der Waals surface area contributed by atoms with Crippen molar-refractivity contribution >= 4 is 11.9 Å². The number of hydrogen-bond acceptors (Lipinski definition) is 3. The third-order valence-electron chi connectivity index (χ3n) is 3.65. The van der Waals surface area contributed by atoms with Gasteiger partial charge in [0.1, 0.15) is 11.9 Å². The summed E-state index contributed by atoms with van der Waals surface area (Å²) >= 11 is 0. The van der Waals surface area contributed by atoms with Crippen LogP contribution in [0.2, 0.25) is 0 Å². The van der Waals surface area contributed by atoms with Crippen molar-refractivity contribution in [2.45, 2.75) is 31.8 Å². The monoisotopic (exact) mass is 294 g/mol. The first-order valence-corrected chi connectivity index (χ1v) is 7.04. The highest BCUT2D eigenvalue weighted by atomic mass is 19.1. The summed E-state index contributed by atoms with van der Waals surface area (Å²) in [5.74, 6) is -1.41. The lowest BCUT2D eigenvalue weighted by molar-refractivity contribution is -0.145. The fourth-order valence-electron chi connectivity index (χ4n) is 2.50. The molecule has 1 amide bonds. The molecule has 0 saturated carbocycles. The van der Waals surface area contributed by atoms with Gasteiger partial charge in [0, 0.05) is 6.54 Å². The van der Waals surface area contributed by atoms with E-state index in [-0.39, 0.29) is 18.3 Å². The van der Waals surface area contributed by atoms with Crippen molar-refractivity contribution in [3.05, 3.63) is 35.6 Å². The second-order valence-electron chi connectivity index (χ2n) is 5.22. The van der Waals surface area contributed by atoms with Gasteiger partial charge in [-0.05, 0) is 37.1 Å². The summed E-state index contributed by atoms with van der Waals surface area (Å²) in [5.41, 5.74) is 0.804. The molecule has 5 nitrogen and oxygen atoms in total. The Labute approximate surface area is 122 Å². The van der Waals surface area contributed by atoms with Gasteiger partial charge in [0.05, 0.1) is 6.54 Å². The van der Waals surface area contributed by atoms with Crippen LogP contribution >= 0.6 is 0 Å². The number of carboxylic acid groups (broad SMARTS) is 1. The number of likely N-dealkylation sites (tertiary alicyclic amines) is 1. The lowest BCUT2D eigenvalue weighted by Crippen LogP contribution is -2.48. The van der Waals surface area contributed by atoms with Gasteiger partial charge in [-0.3, -0.25) is 14.5 Å². The molecule has 2 rings (SSSR count). The summed E-state index contributed by atoms with van der Waals surface area (Å²) in [4.78, 5) is 24.7. The van der Waals surface area contributed by atoms with Crippen LogP contribution in [0.1, 0.15) is 24.8 Å². The molecule has 1 aromatic rings. The molecule has 0 aromatic heterocycles. The van der Waals surface area contributed by atoms with Crippen molar-refractivity contribution in [1.29, 1.82) is 0 Å². The van der Waals surface area contributed by atoms with E-state index in [0.29, 0.717) is 19.5 Å². The standard InChI is InChI=1S/C15H19FN2O3/c16-12-6-4-11(5-7-12)9-17-14(19)10-18-8-2-1-3-13(18)15(20)21/h4-7,13H,1-3,8-10H2,(H,17,19)(H,20,21). The first kappa shape index (κ1) is 15.4. The van der Waals surface area contributed by atoms with E-state index >= 15 is 0 Å². The minimum atomic E-state index is -0.874. The zero-order chi connectivity index (χ0) is 15.2. The number of nitrogens with zero attached hydrogens (tertiary/aromatic N) is 1. The maximum Gasteiger partial charge on any atom is 0.320 e. The van der Waals surface area contributed by atoms with Gasteiger partial charge in [-0.15, -0.1) is 0 Å². The molecule has 1 aromatic carbocycles. The molecule has 1 atom stereocenters. The molecule has 0 spiro atoms. The summed E-state index contributed by atoms with van der Waals surface area (Å²) < 4.78 is 12.8. The van der Waals surface area contributed by atoms with Crippen LogP contribution in [0.5, 0.6) is 0 Å². The van der Waals surface area contributed by atoms with E-state index in [0.717, 1.165) is 18.4 Å². The smallest absolute Gasteiger partial charge is 0.320 e. The van der Waals surface area contributed by atoms with Crippen molar-refractivity contribution in [2.75, 3.05) is 13.1 Å². The number of aliphatic carboxylic acids is 1. The molecule has 1 aliphatic heterocycles.